The van der Waals surface area contributed by atoms with Gasteiger partial charge in [0, 0.05) is 12.8 Å². The number of benzene rings is 2. The first-order valence-electron chi connectivity index (χ1n) is 9.85. The molecule has 2 aromatic rings. The van der Waals surface area contributed by atoms with Crippen molar-refractivity contribution in [1.29, 1.82) is 0 Å². The molecule has 0 saturated carbocycles. The van der Waals surface area contributed by atoms with Gasteiger partial charge in [0.15, 0.2) is 0 Å². The molecule has 0 spiro atoms. The van der Waals surface area contributed by atoms with E-state index < -0.39 is 34.3 Å². The molecule has 0 aliphatic carbocycles. The van der Waals surface area contributed by atoms with E-state index in [2.05, 4.69) is 5.32 Å². The lowest BCUT2D eigenvalue weighted by Gasteiger charge is -2.16. The number of carbonyl (C=O) groups excluding carboxylic acids is 2. The predicted molar refractivity (Wildman–Crippen MR) is 119 cm³/mol. The average Bonchev–Trinajstić information content (AvgIpc) is 2.74. The van der Waals surface area contributed by atoms with Crippen LogP contribution in [0.25, 0.3) is 11.1 Å². The summed E-state index contributed by atoms with van der Waals surface area (Å²) in [5.41, 5.74) is 2.86. The molecule has 0 unspecified atom stereocenters. The van der Waals surface area contributed by atoms with Crippen molar-refractivity contribution in [1.82, 2.24) is 5.32 Å². The molecule has 1 amide bonds. The Labute approximate surface area is 184 Å². The Hall–Kier alpha value is -3.13. The summed E-state index contributed by atoms with van der Waals surface area (Å²) in [4.78, 5) is 46.4. The van der Waals surface area contributed by atoms with E-state index >= 15 is 0 Å². The predicted octanol–water partition coefficient (Wildman–Crippen LogP) is 3.37. The fraction of sp³-hybridized carbons (Fsp3) is 0.304. The molecule has 0 radical (unpaired) electrons. The van der Waals surface area contributed by atoms with Crippen LogP contribution in [0.4, 0.5) is 0 Å². The van der Waals surface area contributed by atoms with Gasteiger partial charge in [-0.2, -0.15) is 0 Å². The maximum absolute atomic E-state index is 12.4. The third-order valence-corrected chi connectivity index (χ3v) is 5.78. The lowest BCUT2D eigenvalue weighted by atomic mass is 10.0. The second-order valence-electron chi connectivity index (χ2n) is 7.07. The van der Waals surface area contributed by atoms with Gasteiger partial charge in [0.05, 0.1) is 6.04 Å². The number of carboxylic acids is 2. The third kappa shape index (κ3) is 8.25. The smallest absolute Gasteiger partial charge is 0.317 e. The molecule has 0 fully saturated rings. The average molecular weight is 444 g/mol. The zero-order valence-corrected chi connectivity index (χ0v) is 17.9. The van der Waals surface area contributed by atoms with Crippen molar-refractivity contribution in [3.63, 3.8) is 0 Å². The van der Waals surface area contributed by atoms with E-state index in [1.807, 2.05) is 54.6 Å². The Bertz CT molecular complexity index is 913. The molecule has 164 valence electrons. The maximum Gasteiger partial charge on any atom is 0.317 e. The summed E-state index contributed by atoms with van der Waals surface area (Å²) in [5, 5.41) is 19.2. The van der Waals surface area contributed by atoms with Gasteiger partial charge in [0.1, 0.15) is 5.25 Å². The number of hydrogen-bond acceptors (Lipinski definition) is 5. The Morgan fingerprint density at radius 3 is 2.10 bits per heavy atom. The SMILES string of the molecule is C[C@@H](NC(=O)CCCC(=O)O)C(=O)S[C@H](Cc1ccc(-c2ccccc2)cc1)C(=O)O. The minimum atomic E-state index is -1.11. The van der Waals surface area contributed by atoms with E-state index in [9.17, 15) is 24.3 Å². The number of rotatable bonds is 11. The van der Waals surface area contributed by atoms with Gasteiger partial charge in [-0.1, -0.05) is 66.4 Å². The third-order valence-electron chi connectivity index (χ3n) is 4.54. The van der Waals surface area contributed by atoms with Crippen molar-refractivity contribution in [3.05, 3.63) is 60.2 Å². The van der Waals surface area contributed by atoms with Crippen LogP contribution in [0.5, 0.6) is 0 Å². The van der Waals surface area contributed by atoms with Gasteiger partial charge in [-0.25, -0.2) is 0 Å². The Morgan fingerprint density at radius 2 is 1.52 bits per heavy atom. The van der Waals surface area contributed by atoms with Crippen LogP contribution >= 0.6 is 11.8 Å². The number of aliphatic carboxylic acids is 2. The second-order valence-corrected chi connectivity index (χ2v) is 8.27. The van der Waals surface area contributed by atoms with E-state index in [0.717, 1.165) is 16.7 Å². The molecule has 2 atom stereocenters. The zero-order valence-electron chi connectivity index (χ0n) is 17.1. The molecule has 31 heavy (non-hydrogen) atoms. The molecule has 3 N–H and O–H groups in total. The van der Waals surface area contributed by atoms with Crippen LogP contribution in [-0.4, -0.2) is 44.5 Å². The summed E-state index contributed by atoms with van der Waals surface area (Å²) in [6, 6.07) is 16.4. The Morgan fingerprint density at radius 1 is 0.903 bits per heavy atom. The fourth-order valence-electron chi connectivity index (χ4n) is 2.87. The molecule has 0 saturated heterocycles. The number of carbonyl (C=O) groups is 4. The van der Waals surface area contributed by atoms with Crippen LogP contribution in [0.1, 0.15) is 31.7 Å². The van der Waals surface area contributed by atoms with E-state index in [4.69, 9.17) is 5.11 Å². The highest BCUT2D eigenvalue weighted by molar-refractivity contribution is 8.14. The first kappa shape index (κ1) is 24.1. The number of nitrogens with one attached hydrogen (secondary N) is 1. The molecule has 0 heterocycles. The summed E-state index contributed by atoms with van der Waals surface area (Å²) in [7, 11) is 0. The molecule has 0 aliphatic heterocycles. The highest BCUT2D eigenvalue weighted by atomic mass is 32.2. The van der Waals surface area contributed by atoms with Crippen LogP contribution in [0.2, 0.25) is 0 Å². The topological polar surface area (TPSA) is 121 Å². The van der Waals surface area contributed by atoms with E-state index in [1.165, 1.54) is 6.92 Å². The normalized spacial score (nSPS) is 12.5. The molecule has 0 aliphatic rings. The van der Waals surface area contributed by atoms with Crippen LogP contribution < -0.4 is 5.32 Å². The van der Waals surface area contributed by atoms with Crippen molar-refractivity contribution in [2.45, 2.75) is 43.9 Å². The molecule has 2 aromatic carbocycles. The molecular weight excluding hydrogens is 418 g/mol. The highest BCUT2D eigenvalue weighted by Gasteiger charge is 2.26. The van der Waals surface area contributed by atoms with Crippen molar-refractivity contribution in [2.24, 2.45) is 0 Å². The molecule has 8 heteroatoms. The summed E-state index contributed by atoms with van der Waals surface area (Å²) in [5.74, 6) is -2.54. The van der Waals surface area contributed by atoms with Gasteiger partial charge in [0.25, 0.3) is 0 Å². The largest absolute Gasteiger partial charge is 0.481 e. The van der Waals surface area contributed by atoms with Gasteiger partial charge >= 0.3 is 11.9 Å². The second kappa shape index (κ2) is 11.9. The van der Waals surface area contributed by atoms with Gasteiger partial charge in [-0.15, -0.1) is 0 Å². The first-order valence-corrected chi connectivity index (χ1v) is 10.7. The molecular formula is C23H25NO6S. The highest BCUT2D eigenvalue weighted by Crippen LogP contribution is 2.23. The monoisotopic (exact) mass is 443 g/mol. The minimum absolute atomic E-state index is 0.00922. The lowest BCUT2D eigenvalue weighted by Crippen LogP contribution is -2.38. The van der Waals surface area contributed by atoms with Crippen LogP contribution in [0.3, 0.4) is 0 Å². The summed E-state index contributed by atoms with van der Waals surface area (Å²) < 4.78 is 0. The molecule has 0 aromatic heterocycles. The Kier molecular flexibility index (Phi) is 9.27. The van der Waals surface area contributed by atoms with Gasteiger partial charge in [-0.05, 0) is 36.5 Å². The maximum atomic E-state index is 12.4. The van der Waals surface area contributed by atoms with Crippen LogP contribution in [0, 0.1) is 0 Å². The van der Waals surface area contributed by atoms with Crippen molar-refractivity contribution < 1.29 is 29.4 Å². The number of hydrogen-bond donors (Lipinski definition) is 3. The Balaban J connectivity index is 1.91. The number of amides is 1. The van der Waals surface area contributed by atoms with Gasteiger partial charge < -0.3 is 15.5 Å². The molecule has 0 bridgehead atoms. The van der Waals surface area contributed by atoms with Gasteiger partial charge in [-0.3, -0.25) is 19.2 Å². The van der Waals surface area contributed by atoms with Gasteiger partial charge in [0.2, 0.25) is 11.0 Å². The van der Waals surface area contributed by atoms with E-state index in [0.29, 0.717) is 11.8 Å². The standard InChI is InChI=1S/C23H25NO6S/c1-15(24-20(25)8-5-9-21(26)27)23(30)31-19(22(28)29)14-16-10-12-18(13-11-16)17-6-3-2-4-7-17/h2-4,6-7,10-13,15,19H,5,8-9,14H2,1H3,(H,24,25)(H,26,27)(H,28,29)/t15-,19-/m1/s1. The lowest BCUT2D eigenvalue weighted by molar-refractivity contribution is -0.137. The zero-order chi connectivity index (χ0) is 22.8. The van der Waals surface area contributed by atoms with E-state index in [-0.39, 0.29) is 25.7 Å². The van der Waals surface area contributed by atoms with Crippen LogP contribution in [-0.2, 0) is 25.6 Å². The number of thioether (sulfide) groups is 1. The van der Waals surface area contributed by atoms with Crippen molar-refractivity contribution >= 4 is 34.7 Å². The fourth-order valence-corrected chi connectivity index (χ4v) is 3.79. The summed E-state index contributed by atoms with van der Waals surface area (Å²) in [6.45, 7) is 1.48. The van der Waals surface area contributed by atoms with Crippen LogP contribution in [0.15, 0.2) is 54.6 Å². The van der Waals surface area contributed by atoms with Crippen molar-refractivity contribution in [2.75, 3.05) is 0 Å². The van der Waals surface area contributed by atoms with E-state index in [1.54, 1.807) is 0 Å². The summed E-state index contributed by atoms with van der Waals surface area (Å²) in [6.07, 6.45) is 0.200. The molecule has 2 rings (SSSR count). The van der Waals surface area contributed by atoms with Crippen molar-refractivity contribution in [3.8, 4) is 11.1 Å². The molecule has 7 nitrogen and oxygen atoms in total. The summed E-state index contributed by atoms with van der Waals surface area (Å²) >= 11 is 0.680. The minimum Gasteiger partial charge on any atom is -0.481 e. The quantitative estimate of drug-likeness (QED) is 0.487. The number of carboxylic acid groups (broad SMARTS) is 2. The first-order chi connectivity index (χ1) is 14.8.